The number of carbonyl (C=O) groups excluding carboxylic acids is 3. The second kappa shape index (κ2) is 10.3. The van der Waals surface area contributed by atoms with Gasteiger partial charge < -0.3 is 15.4 Å². The van der Waals surface area contributed by atoms with Crippen molar-refractivity contribution in [1.29, 1.82) is 0 Å². The van der Waals surface area contributed by atoms with Crippen LogP contribution in [0.25, 0.3) is 0 Å². The zero-order valence-corrected chi connectivity index (χ0v) is 17.8. The molecule has 2 aromatic rings. The number of rotatable bonds is 9. The molecule has 0 saturated heterocycles. The predicted molar refractivity (Wildman–Crippen MR) is 115 cm³/mol. The summed E-state index contributed by atoms with van der Waals surface area (Å²) in [5.74, 6) is -0.548. The van der Waals surface area contributed by atoms with Gasteiger partial charge in [-0.2, -0.15) is 0 Å². The van der Waals surface area contributed by atoms with Crippen LogP contribution in [0.1, 0.15) is 45.5 Å². The highest BCUT2D eigenvalue weighted by atomic mass is 32.1. The van der Waals surface area contributed by atoms with Crippen molar-refractivity contribution in [2.24, 2.45) is 5.92 Å². The number of nitrogens with zero attached hydrogens (tertiary/aromatic N) is 2. The molecular weight excluding hydrogens is 406 g/mol. The number of aromatic nitrogens is 2. The fourth-order valence-corrected chi connectivity index (χ4v) is 4.18. The SMILES string of the molecule is CCNc1ccc(C(=O)C2CCc3nc(NC(=O)NCCCOC)sc3C2=O)cn1. The number of aryl methyl sites for hydroxylation is 1. The second-order valence-electron chi connectivity index (χ2n) is 6.80. The number of anilines is 2. The topological polar surface area (TPSA) is 122 Å². The number of nitrogens with one attached hydrogen (secondary N) is 3. The molecule has 0 fully saturated rings. The molecule has 0 aromatic carbocycles. The van der Waals surface area contributed by atoms with Crippen LogP contribution in [-0.4, -0.2) is 54.4 Å². The molecule has 0 bridgehead atoms. The van der Waals surface area contributed by atoms with E-state index in [-0.39, 0.29) is 17.6 Å². The van der Waals surface area contributed by atoms with E-state index in [1.807, 2.05) is 6.92 Å². The van der Waals surface area contributed by atoms with Gasteiger partial charge in [0.1, 0.15) is 5.82 Å². The summed E-state index contributed by atoms with van der Waals surface area (Å²) in [5, 5.41) is 8.78. The van der Waals surface area contributed by atoms with E-state index in [1.165, 1.54) is 6.20 Å². The van der Waals surface area contributed by atoms with Gasteiger partial charge in [-0.1, -0.05) is 11.3 Å². The van der Waals surface area contributed by atoms with Gasteiger partial charge in [0.05, 0.1) is 16.5 Å². The van der Waals surface area contributed by atoms with Crippen molar-refractivity contribution in [2.45, 2.75) is 26.2 Å². The highest BCUT2D eigenvalue weighted by Gasteiger charge is 2.36. The monoisotopic (exact) mass is 431 g/mol. The number of ketones is 2. The largest absolute Gasteiger partial charge is 0.385 e. The highest BCUT2D eigenvalue weighted by Crippen LogP contribution is 2.33. The molecule has 2 amide bonds. The van der Waals surface area contributed by atoms with Gasteiger partial charge in [0.25, 0.3) is 0 Å². The molecule has 3 N–H and O–H groups in total. The number of urea groups is 1. The lowest BCUT2D eigenvalue weighted by atomic mass is 9.84. The first kappa shape index (κ1) is 21.8. The third-order valence-electron chi connectivity index (χ3n) is 4.66. The molecule has 1 aliphatic carbocycles. The minimum atomic E-state index is -0.750. The number of thiazole rings is 1. The molecule has 160 valence electrons. The molecule has 10 heteroatoms. The van der Waals surface area contributed by atoms with Crippen molar-refractivity contribution in [3.63, 3.8) is 0 Å². The van der Waals surface area contributed by atoms with E-state index in [4.69, 9.17) is 4.74 Å². The fourth-order valence-electron chi connectivity index (χ4n) is 3.17. The first-order valence-corrected chi connectivity index (χ1v) is 10.7. The van der Waals surface area contributed by atoms with Gasteiger partial charge in [0.15, 0.2) is 16.7 Å². The number of amides is 2. The minimum Gasteiger partial charge on any atom is -0.385 e. The number of pyridine rings is 1. The molecule has 0 spiro atoms. The normalized spacial score (nSPS) is 15.4. The Balaban J connectivity index is 1.64. The van der Waals surface area contributed by atoms with E-state index in [1.54, 1.807) is 19.2 Å². The Morgan fingerprint density at radius 1 is 1.33 bits per heavy atom. The van der Waals surface area contributed by atoms with Crippen molar-refractivity contribution in [3.8, 4) is 0 Å². The number of fused-ring (bicyclic) bond motifs is 1. The van der Waals surface area contributed by atoms with E-state index in [2.05, 4.69) is 25.9 Å². The molecule has 2 heterocycles. The van der Waals surface area contributed by atoms with Crippen LogP contribution < -0.4 is 16.0 Å². The van der Waals surface area contributed by atoms with Gasteiger partial charge >= 0.3 is 6.03 Å². The maximum absolute atomic E-state index is 12.9. The minimum absolute atomic E-state index is 0.236. The Hall–Kier alpha value is -2.85. The molecule has 1 aliphatic rings. The number of Topliss-reactive ketones (excluding diaryl/α,β-unsaturated/α-hetero) is 2. The molecule has 3 rings (SSSR count). The lowest BCUT2D eigenvalue weighted by Crippen LogP contribution is -2.30. The summed E-state index contributed by atoms with van der Waals surface area (Å²) in [5.41, 5.74) is 1.04. The summed E-state index contributed by atoms with van der Waals surface area (Å²) < 4.78 is 4.93. The first-order chi connectivity index (χ1) is 14.5. The Kier molecular flexibility index (Phi) is 7.47. The lowest BCUT2D eigenvalue weighted by molar-refractivity contribution is 0.0792. The average molecular weight is 432 g/mol. The molecule has 0 saturated carbocycles. The van der Waals surface area contributed by atoms with Crippen LogP contribution in [-0.2, 0) is 11.2 Å². The Morgan fingerprint density at radius 2 is 2.17 bits per heavy atom. The summed E-state index contributed by atoms with van der Waals surface area (Å²) >= 11 is 1.11. The predicted octanol–water partition coefficient (Wildman–Crippen LogP) is 2.76. The smallest absolute Gasteiger partial charge is 0.321 e. The third-order valence-corrected chi connectivity index (χ3v) is 5.69. The van der Waals surface area contributed by atoms with Crippen LogP contribution in [0.3, 0.4) is 0 Å². The summed E-state index contributed by atoms with van der Waals surface area (Å²) in [6.07, 6.45) is 3.10. The summed E-state index contributed by atoms with van der Waals surface area (Å²) in [6.45, 7) is 3.73. The van der Waals surface area contributed by atoms with E-state index in [9.17, 15) is 14.4 Å². The number of hydrogen-bond acceptors (Lipinski definition) is 8. The fraction of sp³-hybridized carbons (Fsp3) is 0.450. The maximum Gasteiger partial charge on any atom is 0.321 e. The Morgan fingerprint density at radius 3 is 2.87 bits per heavy atom. The van der Waals surface area contributed by atoms with E-state index >= 15 is 0 Å². The second-order valence-corrected chi connectivity index (χ2v) is 7.80. The highest BCUT2D eigenvalue weighted by molar-refractivity contribution is 7.17. The van der Waals surface area contributed by atoms with Crippen LogP contribution in [0, 0.1) is 5.92 Å². The number of hydrogen-bond donors (Lipinski definition) is 3. The quantitative estimate of drug-likeness (QED) is 0.317. The summed E-state index contributed by atoms with van der Waals surface area (Å²) in [6, 6.07) is 3.03. The van der Waals surface area contributed by atoms with Gasteiger partial charge in [0.2, 0.25) is 0 Å². The van der Waals surface area contributed by atoms with Crippen molar-refractivity contribution in [1.82, 2.24) is 15.3 Å². The Labute approximate surface area is 178 Å². The number of carbonyl (C=O) groups is 3. The van der Waals surface area contributed by atoms with Gasteiger partial charge in [-0.25, -0.2) is 14.8 Å². The molecular formula is C20H25N5O4S. The summed E-state index contributed by atoms with van der Waals surface area (Å²) in [4.78, 5) is 46.7. The van der Waals surface area contributed by atoms with Gasteiger partial charge in [0, 0.05) is 38.6 Å². The van der Waals surface area contributed by atoms with E-state index in [0.717, 1.165) is 17.9 Å². The molecule has 9 nitrogen and oxygen atoms in total. The van der Waals surface area contributed by atoms with Gasteiger partial charge in [-0.15, -0.1) is 0 Å². The molecule has 0 radical (unpaired) electrons. The molecule has 1 unspecified atom stereocenters. The van der Waals surface area contributed by atoms with E-state index in [0.29, 0.717) is 59.5 Å². The van der Waals surface area contributed by atoms with Crippen LogP contribution >= 0.6 is 11.3 Å². The zero-order valence-electron chi connectivity index (χ0n) is 17.0. The first-order valence-electron chi connectivity index (χ1n) is 9.85. The molecule has 0 aliphatic heterocycles. The van der Waals surface area contributed by atoms with Crippen molar-refractivity contribution >= 4 is 39.9 Å². The molecule has 2 aromatic heterocycles. The van der Waals surface area contributed by atoms with Crippen molar-refractivity contribution in [2.75, 3.05) is 37.4 Å². The van der Waals surface area contributed by atoms with Crippen LogP contribution in [0.15, 0.2) is 18.3 Å². The summed E-state index contributed by atoms with van der Waals surface area (Å²) in [7, 11) is 1.60. The number of methoxy groups -OCH3 is 1. The number of ether oxygens (including phenoxy) is 1. The zero-order chi connectivity index (χ0) is 21.5. The van der Waals surface area contributed by atoms with Crippen molar-refractivity contribution < 1.29 is 19.1 Å². The van der Waals surface area contributed by atoms with Gasteiger partial charge in [-0.3, -0.25) is 14.9 Å². The standard InChI is InChI=1S/C20H25N5O4S/c1-3-21-15-8-5-12(11-23-15)16(26)13-6-7-14-18(17(13)27)30-20(24-14)25-19(28)22-9-4-10-29-2/h5,8,11,13H,3-4,6-7,9-10H2,1-2H3,(H,21,23)(H2,22,24,25,28). The van der Waals surface area contributed by atoms with Crippen LogP contribution in [0.4, 0.5) is 15.7 Å². The van der Waals surface area contributed by atoms with E-state index < -0.39 is 5.92 Å². The van der Waals surface area contributed by atoms with Crippen molar-refractivity contribution in [3.05, 3.63) is 34.5 Å². The molecule has 30 heavy (non-hydrogen) atoms. The third kappa shape index (κ3) is 5.19. The van der Waals surface area contributed by atoms with Gasteiger partial charge in [-0.05, 0) is 38.3 Å². The average Bonchev–Trinajstić information content (AvgIpc) is 3.15. The Bertz CT molecular complexity index is 912. The van der Waals surface area contributed by atoms with Crippen LogP contribution in [0.2, 0.25) is 0 Å². The maximum atomic E-state index is 12.9. The molecule has 1 atom stereocenters. The van der Waals surface area contributed by atoms with Crippen LogP contribution in [0.5, 0.6) is 0 Å². The lowest BCUT2D eigenvalue weighted by Gasteiger charge is -2.18.